The second-order valence-corrected chi connectivity index (χ2v) is 0. The first-order chi connectivity index (χ1) is 0. The molecule has 1 radical (unpaired) electrons. The first-order valence-corrected chi connectivity index (χ1v) is 0. The van der Waals surface area contributed by atoms with Crippen molar-refractivity contribution in [1.29, 1.82) is 0 Å². The van der Waals surface area contributed by atoms with Gasteiger partial charge in [0.2, 0.25) is 0 Å². The molecule has 0 spiro atoms. The molecule has 0 fully saturated rings. The Labute approximate surface area is 71.5 Å². The number of hydrogen-bond donors (Lipinski definition) is 0. The van der Waals surface area contributed by atoms with Gasteiger partial charge in [0.15, 0.2) is 0 Å². The van der Waals surface area contributed by atoms with E-state index in [1.807, 2.05) is 0 Å². The van der Waals surface area contributed by atoms with Crippen LogP contribution in [0.4, 0.5) is 14.1 Å². The van der Waals surface area contributed by atoms with Crippen molar-refractivity contribution in [3.05, 3.63) is 0 Å². The molecule has 0 aromatic heterocycles. The molecular weight excluding hydrogens is 229 g/mol. The molecule has 0 saturated heterocycles. The van der Waals surface area contributed by atoms with E-state index >= 15 is 0 Å². The third-order valence-corrected chi connectivity index (χ3v) is 0. The minimum Gasteiger partial charge on any atom is -1.00 e. The third-order valence-electron chi connectivity index (χ3n) is 0. The van der Waals surface area contributed by atoms with Crippen LogP contribution in [0.15, 0.2) is 0 Å². The smallest absolute Gasteiger partial charge is 1.00 e. The molecule has 5 heteroatoms. The van der Waals surface area contributed by atoms with E-state index in [9.17, 15) is 0 Å². The molecule has 0 nitrogen and oxygen atoms in total. The molecule has 0 aromatic carbocycles. The average molecular weight is 233 g/mol. The van der Waals surface area contributed by atoms with Crippen LogP contribution in [0.2, 0.25) is 0 Å². The molecule has 0 aromatic rings. The Balaban J connectivity index is 0. The van der Waals surface area contributed by atoms with Crippen molar-refractivity contribution in [2.24, 2.45) is 0 Å². The van der Waals surface area contributed by atoms with Gasteiger partial charge in [-0.05, 0) is 0 Å². The van der Waals surface area contributed by atoms with Crippen molar-refractivity contribution in [2.75, 3.05) is 0 Å². The van der Waals surface area contributed by atoms with Gasteiger partial charge >= 0.3 is 18.9 Å². The van der Waals surface area contributed by atoms with Crippen LogP contribution in [0.1, 0.15) is 1.43 Å². The van der Waals surface area contributed by atoms with E-state index < -0.39 is 0 Å². The summed E-state index contributed by atoms with van der Waals surface area (Å²) in [6.07, 6.45) is 0. The summed E-state index contributed by atoms with van der Waals surface area (Å²) in [5.41, 5.74) is 0. The summed E-state index contributed by atoms with van der Waals surface area (Å²) < 4.78 is 0. The molecule has 0 bridgehead atoms. The van der Waals surface area contributed by atoms with Crippen molar-refractivity contribution in [3.63, 3.8) is 0 Å². The van der Waals surface area contributed by atoms with Crippen LogP contribution in [0.25, 0.3) is 0 Å². The van der Waals surface area contributed by atoms with Gasteiger partial charge in [-0.3, -0.25) is 14.1 Å². The Morgan fingerprint density at radius 2 is 0.800 bits per heavy atom. The van der Waals surface area contributed by atoms with Crippen molar-refractivity contribution < 1.29 is 72.1 Å². The van der Waals surface area contributed by atoms with Gasteiger partial charge in [-0.2, -0.15) is 0 Å². The van der Waals surface area contributed by atoms with Crippen LogP contribution in [0, 0.1) is 37.7 Å². The number of hydrogen-bond acceptors (Lipinski definition) is 0. The van der Waals surface area contributed by atoms with Crippen LogP contribution >= 0.6 is 0 Å². The molecule has 0 saturated carbocycles. The molecule has 0 aliphatic heterocycles. The fraction of sp³-hybridized carbons (Fsp3) is 0. The van der Waals surface area contributed by atoms with Crippen LogP contribution in [-0.2, 0) is 0 Å². The maximum atomic E-state index is 0. The van der Waals surface area contributed by atoms with E-state index in [0.29, 0.717) is 0 Å². The van der Waals surface area contributed by atoms with E-state index in [0.717, 1.165) is 0 Å². The van der Waals surface area contributed by atoms with E-state index in [1.165, 1.54) is 0 Å². The predicted molar refractivity (Wildman–Crippen MR) is 8.62 cm³/mol. The van der Waals surface area contributed by atoms with Crippen molar-refractivity contribution >= 4 is 0 Å². The van der Waals surface area contributed by atoms with E-state index in [-0.39, 0.29) is 72.1 Å². The SMILES string of the molecule is F.F.F.[H-].[Ho].[Li+]. The van der Waals surface area contributed by atoms with Crippen LogP contribution in [0.5, 0.6) is 0 Å². The molecule has 5 heavy (non-hydrogen) atoms. The first kappa shape index (κ1) is 78.1. The fourth-order valence-electron chi connectivity index (χ4n) is 0. The zero-order valence-corrected chi connectivity index (χ0v) is 4.46. The Morgan fingerprint density at radius 3 is 0.800 bits per heavy atom. The molecule has 0 rings (SSSR count). The Kier molecular flexibility index (Phi) is 702. The van der Waals surface area contributed by atoms with Gasteiger partial charge in [0.25, 0.3) is 0 Å². The summed E-state index contributed by atoms with van der Waals surface area (Å²) in [7, 11) is 0. The van der Waals surface area contributed by atoms with Gasteiger partial charge in [0.05, 0.1) is 0 Å². The normalized spacial score (nSPS) is 0. The van der Waals surface area contributed by atoms with Gasteiger partial charge < -0.3 is 1.43 Å². The largest absolute Gasteiger partial charge is 1.00 e. The van der Waals surface area contributed by atoms with Crippen LogP contribution in [-0.4, -0.2) is 0 Å². The summed E-state index contributed by atoms with van der Waals surface area (Å²) in [5, 5.41) is 0. The molecular formula is H4F3HoLi. The molecule has 37 valence electrons. The quantitative estimate of drug-likeness (QED) is 0.408. The zero-order valence-electron chi connectivity index (χ0n) is 3.53. The van der Waals surface area contributed by atoms with Gasteiger partial charge in [-0.25, -0.2) is 0 Å². The summed E-state index contributed by atoms with van der Waals surface area (Å²) >= 11 is 0. The minimum absolute atomic E-state index is 0. The third kappa shape index (κ3) is 27.7. The van der Waals surface area contributed by atoms with Crippen molar-refractivity contribution in [2.45, 2.75) is 0 Å². The van der Waals surface area contributed by atoms with Gasteiger partial charge in [-0.15, -0.1) is 0 Å². The maximum Gasteiger partial charge on any atom is 1.00 e. The number of rotatable bonds is 0. The molecule has 0 unspecified atom stereocenters. The van der Waals surface area contributed by atoms with E-state index in [2.05, 4.69) is 0 Å². The zero-order chi connectivity index (χ0) is 0. The van der Waals surface area contributed by atoms with E-state index in [4.69, 9.17) is 0 Å². The second kappa shape index (κ2) is 45.0. The standard InChI is InChI=1S/3FH.Ho.Li.H/h3*1H;;;/q;;;;+1;-1. The van der Waals surface area contributed by atoms with Crippen LogP contribution < -0.4 is 18.9 Å². The fourth-order valence-corrected chi connectivity index (χ4v) is 0. The number of halogens is 3. The van der Waals surface area contributed by atoms with Gasteiger partial charge in [0.1, 0.15) is 0 Å². The summed E-state index contributed by atoms with van der Waals surface area (Å²) in [4.78, 5) is 0. The molecule has 0 atom stereocenters. The summed E-state index contributed by atoms with van der Waals surface area (Å²) in [5.74, 6) is 0. The molecule has 0 N–H and O–H groups in total. The monoisotopic (exact) mass is 233 g/mol. The Morgan fingerprint density at radius 1 is 0.800 bits per heavy atom. The average Bonchev–Trinajstić information content (AvgIpc) is 0. The van der Waals surface area contributed by atoms with Gasteiger partial charge in [0, 0.05) is 37.7 Å². The molecule has 0 amide bonds. The minimum atomic E-state index is 0. The summed E-state index contributed by atoms with van der Waals surface area (Å²) in [6.45, 7) is 0. The van der Waals surface area contributed by atoms with Crippen molar-refractivity contribution in [1.82, 2.24) is 0 Å². The molecule has 0 heterocycles. The van der Waals surface area contributed by atoms with Crippen LogP contribution in [0.3, 0.4) is 0 Å². The Bertz CT molecular complexity index is 10.8. The maximum absolute atomic E-state index is 0. The topological polar surface area (TPSA) is 0 Å². The first-order valence-electron chi connectivity index (χ1n) is 0. The predicted octanol–water partition coefficient (Wildman–Crippen LogP) is -2.43. The molecule has 0 aliphatic carbocycles. The summed E-state index contributed by atoms with van der Waals surface area (Å²) in [6, 6.07) is 0. The van der Waals surface area contributed by atoms with Gasteiger partial charge in [-0.1, -0.05) is 0 Å². The molecule has 0 aliphatic rings. The second-order valence-electron chi connectivity index (χ2n) is 0. The Hall–Kier alpha value is 1.65. The van der Waals surface area contributed by atoms with E-state index in [1.54, 1.807) is 0 Å². The van der Waals surface area contributed by atoms with Crippen molar-refractivity contribution in [3.8, 4) is 0 Å².